The van der Waals surface area contributed by atoms with Crippen molar-refractivity contribution >= 4 is 16.2 Å². The molecule has 5 heteroatoms. The summed E-state index contributed by atoms with van der Waals surface area (Å²) in [7, 11) is -1.62. The van der Waals surface area contributed by atoms with E-state index in [0.717, 1.165) is 7.40 Å². The predicted molar refractivity (Wildman–Crippen MR) is 42.1 cm³/mol. The SMILES string of the molecule is [2H][Si](C)([B][3H])OCC(O)[CH-]C.[U]. The van der Waals surface area contributed by atoms with Crippen molar-refractivity contribution in [1.29, 1.82) is 2.57 Å². The summed E-state index contributed by atoms with van der Waals surface area (Å²) in [6.07, 6.45) is 0.973. The molecule has 0 rings (SSSR count). The van der Waals surface area contributed by atoms with Gasteiger partial charge in [-0.3, -0.25) is 0 Å². The normalized spacial score (nSPS) is 21.1. The van der Waals surface area contributed by atoms with Gasteiger partial charge in [0.2, 0.25) is 0 Å². The molecule has 0 saturated heterocycles. The summed E-state index contributed by atoms with van der Waals surface area (Å²) in [5, 5.41) is 9.00. The summed E-state index contributed by atoms with van der Waals surface area (Å²) in [4.78, 5) is 0. The van der Waals surface area contributed by atoms with Gasteiger partial charge in [-0.05, 0) is 7.44 Å². The van der Waals surface area contributed by atoms with E-state index in [2.05, 4.69) is 0 Å². The monoisotopic (exact) mass is 385 g/mol. The maximum Gasteiger partial charge on any atom is 0.129 e. The zero-order valence-corrected chi connectivity index (χ0v) is 11.5. The summed E-state index contributed by atoms with van der Waals surface area (Å²) in [6.45, 7) is 3.43. The summed E-state index contributed by atoms with van der Waals surface area (Å²) < 4.78 is 19.2. The quantitative estimate of drug-likeness (QED) is 0.503. The first kappa shape index (κ1) is 9.34. The van der Waals surface area contributed by atoms with E-state index < -0.39 is 14.9 Å². The van der Waals surface area contributed by atoms with Crippen molar-refractivity contribution in [2.75, 3.05) is 6.61 Å². The first-order valence-electron chi connectivity index (χ1n) is 3.94. The Morgan fingerprint density at radius 1 is 2.20 bits per heavy atom. The van der Waals surface area contributed by atoms with Gasteiger partial charge in [-0.25, -0.2) is 0 Å². The molecule has 0 aliphatic rings. The van der Waals surface area contributed by atoms with E-state index >= 15 is 0 Å². The average Bonchev–Trinajstić information content (AvgIpc) is 2.00. The molecule has 0 saturated carbocycles. The minimum atomic E-state index is -2.64. The zero-order valence-electron chi connectivity index (χ0n) is 8.29. The minimum absolute atomic E-state index is 0. The van der Waals surface area contributed by atoms with Crippen LogP contribution in [0.25, 0.3) is 0 Å². The van der Waals surface area contributed by atoms with Crippen LogP contribution in [0, 0.1) is 37.5 Å². The van der Waals surface area contributed by atoms with E-state index in [4.69, 9.17) is 12.1 Å². The molecule has 0 amide bonds. The fraction of sp³-hybridized carbons (Fsp3) is 0.800. The van der Waals surface area contributed by atoms with Crippen molar-refractivity contribution in [3.63, 3.8) is 0 Å². The van der Waals surface area contributed by atoms with E-state index in [1.807, 2.05) is 0 Å². The molecular weight excluding hydrogens is 369 g/mol. The molecular formula is C5H13BO2SiU-. The van der Waals surface area contributed by atoms with E-state index in [-0.39, 0.29) is 37.7 Å². The van der Waals surface area contributed by atoms with Crippen molar-refractivity contribution in [3.8, 4) is 0 Å². The molecule has 0 spiro atoms. The maximum absolute atomic E-state index is 9.00. The molecule has 0 aromatic heterocycles. The summed E-state index contributed by atoms with van der Waals surface area (Å²) in [5.74, 6) is 0. The van der Waals surface area contributed by atoms with Crippen LogP contribution >= 0.6 is 0 Å². The second-order valence-electron chi connectivity index (χ2n) is 1.82. The van der Waals surface area contributed by atoms with Crippen molar-refractivity contribution < 1.29 is 40.6 Å². The molecule has 1 radical (unpaired) electrons. The second kappa shape index (κ2) is 8.35. The zero-order chi connectivity index (χ0) is 8.91. The van der Waals surface area contributed by atoms with Gasteiger partial charge < -0.3 is 16.0 Å². The van der Waals surface area contributed by atoms with E-state index in [1.54, 1.807) is 19.9 Å². The summed E-state index contributed by atoms with van der Waals surface area (Å²) in [6, 6.07) is 0. The number of hydrogen-bond donors (Lipinski definition) is 1. The Morgan fingerprint density at radius 2 is 2.80 bits per heavy atom. The third-order valence-corrected chi connectivity index (χ3v) is 1.49. The molecule has 0 fully saturated rings. The Balaban J connectivity index is 0. The van der Waals surface area contributed by atoms with Crippen molar-refractivity contribution in [2.24, 2.45) is 0 Å². The Morgan fingerprint density at radius 3 is 3.20 bits per heavy atom. The molecule has 0 heterocycles. The van der Waals surface area contributed by atoms with Crippen molar-refractivity contribution in [3.05, 3.63) is 6.42 Å². The molecule has 0 aliphatic carbocycles. The van der Waals surface area contributed by atoms with E-state index in [9.17, 15) is 0 Å². The van der Waals surface area contributed by atoms with Gasteiger partial charge in [0.15, 0.2) is 0 Å². The Bertz CT molecular complexity index is 120. The molecule has 57 valence electrons. The fourth-order valence-corrected chi connectivity index (χ4v) is 0.747. The Kier molecular flexibility index (Phi) is 7.80. The maximum atomic E-state index is 9.00. The smallest absolute Gasteiger partial charge is 0.129 e. The second-order valence-corrected chi connectivity index (χ2v) is 3.33. The number of hydrogen-bond acceptors (Lipinski definition) is 2. The molecule has 2 unspecified atom stereocenters. The van der Waals surface area contributed by atoms with Crippen LogP contribution in [0.3, 0.4) is 0 Å². The molecule has 1 N–H and O–H groups in total. The minimum Gasteiger partial charge on any atom is -0.430 e. The van der Waals surface area contributed by atoms with E-state index in [1.165, 1.54) is 0 Å². The molecule has 2 atom stereocenters. The average molecular weight is 385 g/mol. The van der Waals surface area contributed by atoms with Crippen LogP contribution in [0.4, 0.5) is 0 Å². The number of aliphatic hydroxyl groups excluding tert-OH is 1. The first-order chi connectivity index (χ1) is 5.02. The topological polar surface area (TPSA) is 29.5 Å². The van der Waals surface area contributed by atoms with Crippen molar-refractivity contribution in [1.82, 2.24) is 0 Å². The van der Waals surface area contributed by atoms with Gasteiger partial charge in [-0.1, -0.05) is 6.55 Å². The van der Waals surface area contributed by atoms with Crippen LogP contribution < -0.4 is 0 Å². The number of aliphatic hydroxyl groups is 1. The van der Waals surface area contributed by atoms with Gasteiger partial charge in [0.1, 0.15) is 16.2 Å². The van der Waals surface area contributed by atoms with Gasteiger partial charge in [0, 0.05) is 39.0 Å². The van der Waals surface area contributed by atoms with Gasteiger partial charge in [0.25, 0.3) is 0 Å². The van der Waals surface area contributed by atoms with Gasteiger partial charge in [-0.15, -0.1) is 0 Å². The Labute approximate surface area is 91.8 Å². The van der Waals surface area contributed by atoms with Gasteiger partial charge in [-0.2, -0.15) is 6.92 Å². The molecule has 0 aromatic rings. The summed E-state index contributed by atoms with van der Waals surface area (Å²) in [5.41, 5.74) is 0. The molecule has 0 aromatic carbocycles. The standard InChI is InChI=1S/C5H13BO2Si.U/c1-3-5(7)4-8-9(2)6;/h3,5-7,9H,4H2,1-2H3;/q-1;/i6T,9D;. The van der Waals surface area contributed by atoms with Gasteiger partial charge >= 0.3 is 0 Å². The van der Waals surface area contributed by atoms with Crippen LogP contribution in [-0.2, 0) is 4.43 Å². The Hall–Kier alpha value is 1.25. The third kappa shape index (κ3) is 9.25. The van der Waals surface area contributed by atoms with Crippen LogP contribution in [0.5, 0.6) is 0 Å². The summed E-state index contributed by atoms with van der Waals surface area (Å²) >= 11 is 0. The van der Waals surface area contributed by atoms with Crippen LogP contribution in [0.2, 0.25) is 6.55 Å². The molecule has 10 heavy (non-hydrogen) atoms. The van der Waals surface area contributed by atoms with Crippen molar-refractivity contribution in [2.45, 2.75) is 19.6 Å². The first-order valence-corrected chi connectivity index (χ1v) is 4.84. The third-order valence-electron chi connectivity index (χ3n) is 0.867. The number of rotatable bonds is 5. The van der Waals surface area contributed by atoms with Crippen LogP contribution in [0.15, 0.2) is 0 Å². The fourth-order valence-electron chi connectivity index (χ4n) is 0.313. The van der Waals surface area contributed by atoms with E-state index in [0.29, 0.717) is 0 Å². The van der Waals surface area contributed by atoms with Gasteiger partial charge in [0.05, 0.1) is 0 Å². The van der Waals surface area contributed by atoms with Crippen LogP contribution in [0.1, 0.15) is 6.92 Å². The predicted octanol–water partition coefficient (Wildman–Crippen LogP) is -0.661. The molecule has 2 nitrogen and oxygen atoms in total. The van der Waals surface area contributed by atoms with Crippen LogP contribution in [-0.4, -0.2) is 36.6 Å². The molecule has 0 bridgehead atoms. The largest absolute Gasteiger partial charge is 0.430 e. The molecule has 0 aliphatic heterocycles.